The van der Waals surface area contributed by atoms with Crippen LogP contribution in [0.2, 0.25) is 0 Å². The number of hydrogen-bond acceptors (Lipinski definition) is 6. The Labute approximate surface area is 178 Å². The first-order chi connectivity index (χ1) is 14.5. The Kier molecular flexibility index (Phi) is 7.63. The van der Waals surface area contributed by atoms with E-state index < -0.39 is 0 Å². The number of nitrogens with zero attached hydrogens (tertiary/aromatic N) is 2. The molecule has 0 amide bonds. The number of benzene rings is 1. The topological polar surface area (TPSA) is 81.8 Å². The molecule has 2 heterocycles. The summed E-state index contributed by atoms with van der Waals surface area (Å²) in [5.41, 5.74) is 9.35. The van der Waals surface area contributed by atoms with Crippen molar-refractivity contribution in [3.63, 3.8) is 0 Å². The Hall–Kier alpha value is -3.12. The van der Waals surface area contributed by atoms with E-state index in [0.717, 1.165) is 48.6 Å². The number of nitrogens with two attached hydrogens (primary N) is 1. The largest absolute Gasteiger partial charge is 0.486 e. The highest BCUT2D eigenvalue weighted by Gasteiger charge is 2.18. The van der Waals surface area contributed by atoms with Crippen molar-refractivity contribution in [1.82, 2.24) is 10.3 Å². The highest BCUT2D eigenvalue weighted by Crippen LogP contribution is 2.29. The lowest BCUT2D eigenvalue weighted by atomic mass is 10.1. The minimum Gasteiger partial charge on any atom is -0.486 e. The molecule has 0 aliphatic carbocycles. The number of aliphatic imine (C=N–C) groups is 1. The van der Waals surface area contributed by atoms with Crippen LogP contribution in [0.5, 0.6) is 11.5 Å². The summed E-state index contributed by atoms with van der Waals surface area (Å²) in [5, 5.41) is 3.21. The molecule has 2 aromatic rings. The predicted molar refractivity (Wildman–Crippen MR) is 123 cm³/mol. The number of pyridine rings is 1. The average molecular weight is 407 g/mol. The van der Waals surface area contributed by atoms with E-state index in [0.29, 0.717) is 17.2 Å². The van der Waals surface area contributed by atoms with E-state index in [9.17, 15) is 0 Å². The van der Waals surface area contributed by atoms with E-state index in [1.807, 2.05) is 62.5 Å². The number of aromatic nitrogens is 1. The van der Waals surface area contributed by atoms with E-state index in [1.165, 1.54) is 0 Å². The fraction of sp³-hybridized carbons (Fsp3) is 0.333. The van der Waals surface area contributed by atoms with Crippen molar-refractivity contribution in [2.24, 2.45) is 4.99 Å². The van der Waals surface area contributed by atoms with Crippen LogP contribution in [0.15, 0.2) is 53.4 Å². The van der Waals surface area contributed by atoms with Crippen molar-refractivity contribution < 1.29 is 9.47 Å². The lowest BCUT2D eigenvalue weighted by Gasteiger charge is -2.28. The number of nitrogen functional groups attached to an aromatic ring is 1. The van der Waals surface area contributed by atoms with Gasteiger partial charge in [-0.15, -0.1) is 0 Å². The normalized spacial score (nSPS) is 15.0. The van der Waals surface area contributed by atoms with Gasteiger partial charge in [0.05, 0.1) is 6.20 Å². The molecule has 1 aromatic carbocycles. The Balaban J connectivity index is 1.82. The van der Waals surface area contributed by atoms with Gasteiger partial charge in [0.25, 0.3) is 0 Å². The smallest absolute Gasteiger partial charge is 0.138 e. The first-order valence-electron chi connectivity index (χ1n) is 10.3. The van der Waals surface area contributed by atoms with Crippen LogP contribution in [0.1, 0.15) is 36.7 Å². The van der Waals surface area contributed by atoms with Gasteiger partial charge in [0, 0.05) is 60.1 Å². The van der Waals surface area contributed by atoms with E-state index in [4.69, 9.17) is 15.2 Å². The van der Waals surface area contributed by atoms with E-state index >= 15 is 0 Å². The second kappa shape index (κ2) is 10.6. The maximum atomic E-state index is 6.14. The fourth-order valence-electron chi connectivity index (χ4n) is 2.91. The molecular formula is C24H30N4O2. The molecule has 1 aliphatic heterocycles. The Morgan fingerprint density at radius 1 is 1.23 bits per heavy atom. The van der Waals surface area contributed by atoms with Crippen LogP contribution < -0.4 is 15.8 Å². The zero-order chi connectivity index (χ0) is 21.3. The van der Waals surface area contributed by atoms with Crippen LogP contribution in [-0.2, 0) is 4.74 Å². The fourth-order valence-corrected chi connectivity index (χ4v) is 2.91. The maximum Gasteiger partial charge on any atom is 0.138 e. The highest BCUT2D eigenvalue weighted by atomic mass is 16.5. The lowest BCUT2D eigenvalue weighted by molar-refractivity contribution is 0.0784. The summed E-state index contributed by atoms with van der Waals surface area (Å²) in [5.74, 6) is 2.12. The van der Waals surface area contributed by atoms with Crippen molar-refractivity contribution in [3.05, 3.63) is 65.3 Å². The van der Waals surface area contributed by atoms with Gasteiger partial charge < -0.3 is 20.5 Å². The summed E-state index contributed by atoms with van der Waals surface area (Å²) in [6, 6.07) is 9.43. The van der Waals surface area contributed by atoms with Crippen LogP contribution >= 0.6 is 0 Å². The molecule has 0 saturated carbocycles. The summed E-state index contributed by atoms with van der Waals surface area (Å²) in [6.45, 7) is 7.72. The SMILES string of the molecule is CCCC=N/C=C(\C=C/c1ccc(N)cc1Oc1cc(C)nc(C)c1)OC1CNC1. The molecule has 0 atom stereocenters. The average Bonchev–Trinajstić information content (AvgIpc) is 2.65. The standard InChI is InChI=1S/C24H30N4O2/c1-4-5-10-26-14-21(29-23-15-27-16-23)9-7-19-6-8-20(25)13-24(19)30-22-11-17(2)28-18(3)12-22/h6-14,23,27H,4-5,15-16,25H2,1-3H3/b9-7-,21-14+,26-10?. The van der Waals surface area contributed by atoms with Crippen LogP contribution in [0.3, 0.4) is 0 Å². The van der Waals surface area contributed by atoms with E-state index in [-0.39, 0.29) is 6.10 Å². The number of allylic oxidation sites excluding steroid dienone is 1. The summed E-state index contributed by atoms with van der Waals surface area (Å²) in [4.78, 5) is 8.76. The van der Waals surface area contributed by atoms with Crippen LogP contribution in [-0.4, -0.2) is 30.4 Å². The van der Waals surface area contributed by atoms with E-state index in [1.54, 1.807) is 6.20 Å². The minimum atomic E-state index is 0.173. The van der Waals surface area contributed by atoms with Gasteiger partial charge in [-0.05, 0) is 44.6 Å². The van der Waals surface area contributed by atoms with Gasteiger partial charge in [0.1, 0.15) is 23.4 Å². The number of aryl methyl sites for hydroxylation is 2. The molecule has 0 bridgehead atoms. The number of nitrogens with one attached hydrogen (secondary N) is 1. The zero-order valence-electron chi connectivity index (χ0n) is 17.9. The van der Waals surface area contributed by atoms with Gasteiger partial charge >= 0.3 is 0 Å². The first-order valence-corrected chi connectivity index (χ1v) is 10.3. The third-order valence-corrected chi connectivity index (χ3v) is 4.52. The molecule has 3 N–H and O–H groups in total. The lowest BCUT2D eigenvalue weighted by Crippen LogP contribution is -2.48. The van der Waals surface area contributed by atoms with Gasteiger partial charge in [-0.3, -0.25) is 9.98 Å². The summed E-state index contributed by atoms with van der Waals surface area (Å²) in [7, 11) is 0. The molecule has 6 nitrogen and oxygen atoms in total. The Morgan fingerprint density at radius 3 is 2.67 bits per heavy atom. The first kappa shape index (κ1) is 21.6. The summed E-state index contributed by atoms with van der Waals surface area (Å²) in [6.07, 6.45) is 9.73. The highest BCUT2D eigenvalue weighted by molar-refractivity contribution is 5.64. The van der Waals surface area contributed by atoms with Crippen molar-refractivity contribution in [3.8, 4) is 11.5 Å². The zero-order valence-corrected chi connectivity index (χ0v) is 17.9. The molecule has 0 radical (unpaired) electrons. The van der Waals surface area contributed by atoms with Gasteiger partial charge in [0.2, 0.25) is 0 Å². The molecule has 1 fully saturated rings. The van der Waals surface area contributed by atoms with Crippen molar-refractivity contribution >= 4 is 18.0 Å². The van der Waals surface area contributed by atoms with Gasteiger partial charge in [-0.2, -0.15) is 0 Å². The number of hydrogen-bond donors (Lipinski definition) is 2. The molecule has 1 aliphatic rings. The third kappa shape index (κ3) is 6.46. The Morgan fingerprint density at radius 2 is 2.00 bits per heavy atom. The Bertz CT molecular complexity index is 926. The molecule has 0 unspecified atom stereocenters. The van der Waals surface area contributed by atoms with Crippen molar-refractivity contribution in [2.45, 2.75) is 39.7 Å². The van der Waals surface area contributed by atoms with E-state index in [2.05, 4.69) is 22.2 Å². The third-order valence-electron chi connectivity index (χ3n) is 4.52. The van der Waals surface area contributed by atoms with Gasteiger partial charge in [-0.1, -0.05) is 13.3 Å². The molecule has 158 valence electrons. The second-order valence-electron chi connectivity index (χ2n) is 7.37. The van der Waals surface area contributed by atoms with Crippen molar-refractivity contribution in [1.29, 1.82) is 0 Å². The molecule has 1 saturated heterocycles. The molecule has 6 heteroatoms. The number of unbranched alkanes of at least 4 members (excludes halogenated alkanes) is 1. The molecule has 30 heavy (non-hydrogen) atoms. The number of ether oxygens (including phenoxy) is 2. The van der Waals surface area contributed by atoms with Crippen LogP contribution in [0.4, 0.5) is 5.69 Å². The monoisotopic (exact) mass is 406 g/mol. The van der Waals surface area contributed by atoms with Gasteiger partial charge in [0.15, 0.2) is 0 Å². The number of rotatable bonds is 9. The maximum absolute atomic E-state index is 6.14. The van der Waals surface area contributed by atoms with Crippen molar-refractivity contribution in [2.75, 3.05) is 18.8 Å². The van der Waals surface area contributed by atoms with Crippen LogP contribution in [0, 0.1) is 13.8 Å². The quantitative estimate of drug-likeness (QED) is 0.271. The molecule has 3 rings (SSSR count). The number of anilines is 1. The molecular weight excluding hydrogens is 376 g/mol. The molecule has 0 spiro atoms. The molecule has 1 aromatic heterocycles. The van der Waals surface area contributed by atoms with Gasteiger partial charge in [-0.25, -0.2) is 0 Å². The summed E-state index contributed by atoms with van der Waals surface area (Å²) >= 11 is 0. The second-order valence-corrected chi connectivity index (χ2v) is 7.37. The van der Waals surface area contributed by atoms with Crippen LogP contribution in [0.25, 0.3) is 6.08 Å². The summed E-state index contributed by atoms with van der Waals surface area (Å²) < 4.78 is 12.2. The minimum absolute atomic E-state index is 0.173. The predicted octanol–water partition coefficient (Wildman–Crippen LogP) is 4.79.